The van der Waals surface area contributed by atoms with Gasteiger partial charge in [0.25, 0.3) is 6.43 Å². The Bertz CT molecular complexity index is 565. The number of nitrogens with two attached hydrogens (primary N) is 1. The van der Waals surface area contributed by atoms with E-state index >= 15 is 0 Å². The molecule has 1 rings (SSSR count). The lowest BCUT2D eigenvalue weighted by Gasteiger charge is -2.06. The van der Waals surface area contributed by atoms with E-state index in [1.165, 1.54) is 6.07 Å². The molecule has 0 aromatic carbocycles. The standard InChI is InChI=1S/C7H4F3N3O2S/c8-6(9)4-2-13-7(10)5(3(4)1-11)16(12,14)15/h2,6H,(H2,12,14,15). The number of aromatic nitrogens is 1. The van der Waals surface area contributed by atoms with Gasteiger partial charge >= 0.3 is 0 Å². The first kappa shape index (κ1) is 12.4. The first-order valence-electron chi connectivity index (χ1n) is 3.68. The number of hydrogen-bond donors (Lipinski definition) is 1. The van der Waals surface area contributed by atoms with Crippen molar-refractivity contribution < 1.29 is 21.6 Å². The van der Waals surface area contributed by atoms with E-state index in [1.807, 2.05) is 0 Å². The normalized spacial score (nSPS) is 11.5. The van der Waals surface area contributed by atoms with E-state index in [9.17, 15) is 21.6 Å². The smallest absolute Gasteiger partial charge is 0.227 e. The lowest BCUT2D eigenvalue weighted by Crippen LogP contribution is -2.18. The van der Waals surface area contributed by atoms with E-state index in [-0.39, 0.29) is 0 Å². The Balaban J connectivity index is 3.74. The zero-order chi connectivity index (χ0) is 12.5. The predicted octanol–water partition coefficient (Wildman–Crippen LogP) is 0.677. The van der Waals surface area contributed by atoms with Crippen molar-refractivity contribution in [3.05, 3.63) is 23.3 Å². The van der Waals surface area contributed by atoms with E-state index in [4.69, 9.17) is 5.26 Å². The molecule has 0 fully saturated rings. The summed E-state index contributed by atoms with van der Waals surface area (Å²) in [6.45, 7) is 0. The molecule has 86 valence electrons. The minimum absolute atomic E-state index is 0.396. The Kier molecular flexibility index (Phi) is 3.16. The number of sulfonamides is 1. The van der Waals surface area contributed by atoms with Crippen LogP contribution in [0.2, 0.25) is 0 Å². The fraction of sp³-hybridized carbons (Fsp3) is 0.143. The second-order valence-electron chi connectivity index (χ2n) is 2.67. The summed E-state index contributed by atoms with van der Waals surface area (Å²) in [4.78, 5) is 1.51. The van der Waals surface area contributed by atoms with Crippen LogP contribution in [0.3, 0.4) is 0 Å². The summed E-state index contributed by atoms with van der Waals surface area (Å²) in [6.07, 6.45) is -2.75. The Morgan fingerprint density at radius 1 is 1.50 bits per heavy atom. The van der Waals surface area contributed by atoms with Gasteiger partial charge in [0.05, 0.1) is 11.1 Å². The Hall–Kier alpha value is -1.66. The molecule has 0 bridgehead atoms. The summed E-state index contributed by atoms with van der Waals surface area (Å²) in [6, 6.07) is 1.17. The molecule has 1 heterocycles. The van der Waals surface area contributed by atoms with E-state index in [0.29, 0.717) is 6.20 Å². The third-order valence-corrected chi connectivity index (χ3v) is 2.59. The van der Waals surface area contributed by atoms with Gasteiger partial charge in [0, 0.05) is 6.20 Å². The molecule has 0 saturated carbocycles. The number of nitriles is 1. The molecule has 9 heteroatoms. The van der Waals surface area contributed by atoms with Crippen LogP contribution in [-0.4, -0.2) is 13.4 Å². The average molecular weight is 251 g/mol. The van der Waals surface area contributed by atoms with Gasteiger partial charge in [-0.1, -0.05) is 0 Å². The van der Waals surface area contributed by atoms with Crippen molar-refractivity contribution in [2.45, 2.75) is 11.3 Å². The zero-order valence-corrected chi connectivity index (χ0v) is 8.30. The minimum Gasteiger partial charge on any atom is -0.227 e. The Morgan fingerprint density at radius 2 is 2.06 bits per heavy atom. The molecule has 0 atom stereocenters. The topological polar surface area (TPSA) is 96.8 Å². The fourth-order valence-electron chi connectivity index (χ4n) is 1.02. The summed E-state index contributed by atoms with van der Waals surface area (Å²) in [7, 11) is -4.63. The number of primary sulfonamides is 1. The maximum atomic E-state index is 13.0. The maximum Gasteiger partial charge on any atom is 0.266 e. The number of hydrogen-bond acceptors (Lipinski definition) is 4. The van der Waals surface area contributed by atoms with Crippen LogP contribution in [0.25, 0.3) is 0 Å². The molecular formula is C7H4F3N3O2S. The minimum atomic E-state index is -4.63. The van der Waals surface area contributed by atoms with Gasteiger partial charge in [0.15, 0.2) is 4.90 Å². The first-order chi connectivity index (χ1) is 7.29. The van der Waals surface area contributed by atoms with Crippen LogP contribution in [0.1, 0.15) is 17.6 Å². The van der Waals surface area contributed by atoms with E-state index in [1.54, 1.807) is 0 Å². The predicted molar refractivity (Wildman–Crippen MR) is 45.2 cm³/mol. The molecule has 0 radical (unpaired) electrons. The fourth-order valence-corrected chi connectivity index (χ4v) is 1.76. The van der Waals surface area contributed by atoms with Crippen LogP contribution in [0.4, 0.5) is 13.2 Å². The van der Waals surface area contributed by atoms with Gasteiger partial charge in [0.1, 0.15) is 6.07 Å². The van der Waals surface area contributed by atoms with Crippen molar-refractivity contribution in [3.8, 4) is 6.07 Å². The SMILES string of the molecule is N#Cc1c(C(F)F)cnc(F)c1S(N)(=O)=O. The number of pyridine rings is 1. The molecule has 1 aromatic heterocycles. The molecule has 16 heavy (non-hydrogen) atoms. The van der Waals surface area contributed by atoms with E-state index in [0.717, 1.165) is 0 Å². The highest BCUT2D eigenvalue weighted by Gasteiger charge is 2.27. The number of alkyl halides is 2. The summed E-state index contributed by atoms with van der Waals surface area (Å²) in [5, 5.41) is 13.1. The van der Waals surface area contributed by atoms with Gasteiger partial charge in [-0.2, -0.15) is 9.65 Å². The molecule has 0 spiro atoms. The number of nitrogens with zero attached hydrogens (tertiary/aromatic N) is 2. The molecule has 0 aliphatic rings. The van der Waals surface area contributed by atoms with Gasteiger partial charge in [-0.15, -0.1) is 0 Å². The molecule has 5 nitrogen and oxygen atoms in total. The largest absolute Gasteiger partial charge is 0.266 e. The second-order valence-corrected chi connectivity index (χ2v) is 4.16. The van der Waals surface area contributed by atoms with Crippen LogP contribution in [0.5, 0.6) is 0 Å². The van der Waals surface area contributed by atoms with Crippen molar-refractivity contribution >= 4 is 10.0 Å². The molecule has 0 unspecified atom stereocenters. The van der Waals surface area contributed by atoms with Crippen molar-refractivity contribution in [2.75, 3.05) is 0 Å². The van der Waals surface area contributed by atoms with Crippen LogP contribution >= 0.6 is 0 Å². The van der Waals surface area contributed by atoms with E-state index in [2.05, 4.69) is 10.1 Å². The van der Waals surface area contributed by atoms with Crippen LogP contribution in [0.15, 0.2) is 11.1 Å². The van der Waals surface area contributed by atoms with Crippen molar-refractivity contribution in [3.63, 3.8) is 0 Å². The zero-order valence-electron chi connectivity index (χ0n) is 7.49. The second kappa shape index (κ2) is 4.07. The monoisotopic (exact) mass is 251 g/mol. The van der Waals surface area contributed by atoms with Crippen LogP contribution < -0.4 is 5.14 Å². The van der Waals surface area contributed by atoms with Gasteiger partial charge in [0.2, 0.25) is 16.0 Å². The van der Waals surface area contributed by atoms with E-state index < -0.39 is 38.4 Å². The summed E-state index contributed by atoms with van der Waals surface area (Å²) < 4.78 is 59.6. The average Bonchev–Trinajstić information content (AvgIpc) is 2.14. The number of halogens is 3. The molecule has 0 aliphatic carbocycles. The molecule has 1 aromatic rings. The van der Waals surface area contributed by atoms with Gasteiger partial charge in [-0.05, 0) is 0 Å². The summed E-state index contributed by atoms with van der Waals surface area (Å²) in [5.41, 5.74) is -2.00. The van der Waals surface area contributed by atoms with Gasteiger partial charge < -0.3 is 0 Å². The molecular weight excluding hydrogens is 247 g/mol. The van der Waals surface area contributed by atoms with Crippen molar-refractivity contribution in [1.82, 2.24) is 4.98 Å². The molecule has 0 amide bonds. The van der Waals surface area contributed by atoms with Gasteiger partial charge in [-0.25, -0.2) is 27.3 Å². The Morgan fingerprint density at radius 3 is 2.44 bits per heavy atom. The van der Waals surface area contributed by atoms with Crippen LogP contribution in [0, 0.1) is 17.3 Å². The maximum absolute atomic E-state index is 13.0. The highest BCUT2D eigenvalue weighted by Crippen LogP contribution is 2.27. The quantitative estimate of drug-likeness (QED) is 0.781. The molecule has 0 saturated heterocycles. The third kappa shape index (κ3) is 2.12. The summed E-state index contributed by atoms with van der Waals surface area (Å²) >= 11 is 0. The highest BCUT2D eigenvalue weighted by atomic mass is 32.2. The third-order valence-electron chi connectivity index (χ3n) is 1.65. The lowest BCUT2D eigenvalue weighted by atomic mass is 10.1. The van der Waals surface area contributed by atoms with Gasteiger partial charge in [-0.3, -0.25) is 0 Å². The molecule has 2 N–H and O–H groups in total. The van der Waals surface area contributed by atoms with Crippen LogP contribution in [-0.2, 0) is 10.0 Å². The van der Waals surface area contributed by atoms with Crippen molar-refractivity contribution in [2.24, 2.45) is 5.14 Å². The first-order valence-corrected chi connectivity index (χ1v) is 5.23. The summed E-state index contributed by atoms with van der Waals surface area (Å²) in [5.74, 6) is -1.58. The highest BCUT2D eigenvalue weighted by molar-refractivity contribution is 7.89. The Labute approximate surface area is 88.4 Å². The van der Waals surface area contributed by atoms with Crippen molar-refractivity contribution in [1.29, 1.82) is 5.26 Å². The molecule has 0 aliphatic heterocycles. The lowest BCUT2D eigenvalue weighted by molar-refractivity contribution is 0.150. The number of rotatable bonds is 2.